The molecule has 0 amide bonds. The maximum Gasteiger partial charge on any atom is 0.323 e. The highest BCUT2D eigenvalue weighted by Crippen LogP contribution is 2.27. The summed E-state index contributed by atoms with van der Waals surface area (Å²) in [7, 11) is -3.59. The van der Waals surface area contributed by atoms with E-state index in [9.17, 15) is 13.2 Å². The van der Waals surface area contributed by atoms with Crippen molar-refractivity contribution in [3.8, 4) is 0 Å². The predicted octanol–water partition coefficient (Wildman–Crippen LogP) is 0.312. The van der Waals surface area contributed by atoms with Crippen LogP contribution in [0, 0.1) is 0 Å². The third-order valence-electron chi connectivity index (χ3n) is 3.51. The molecular weight excluding hydrogens is 244 g/mol. The molecule has 1 aliphatic heterocycles. The van der Waals surface area contributed by atoms with Crippen LogP contribution in [-0.2, 0) is 15.0 Å². The normalized spacial score (nSPS) is 31.2. The van der Waals surface area contributed by atoms with Crippen LogP contribution in [0.15, 0.2) is 0 Å². The van der Waals surface area contributed by atoms with E-state index in [1.807, 2.05) is 0 Å². The molecule has 0 aromatic rings. The maximum atomic E-state index is 11.8. The predicted molar refractivity (Wildman–Crippen MR) is 61.7 cm³/mol. The molecule has 2 rings (SSSR count). The smallest absolute Gasteiger partial charge is 0.323 e. The van der Waals surface area contributed by atoms with Crippen molar-refractivity contribution in [3.05, 3.63) is 0 Å². The number of aliphatic carboxylic acids is 1. The molecule has 1 aliphatic carbocycles. The van der Waals surface area contributed by atoms with E-state index in [4.69, 9.17) is 5.11 Å². The van der Waals surface area contributed by atoms with Crippen LogP contribution in [-0.4, -0.2) is 42.4 Å². The van der Waals surface area contributed by atoms with Crippen LogP contribution >= 0.6 is 0 Å². The zero-order chi connectivity index (χ0) is 12.5. The first kappa shape index (κ1) is 12.8. The summed E-state index contributed by atoms with van der Waals surface area (Å²) < 4.78 is 27.2. The number of nitrogens with zero attached hydrogens (tertiary/aromatic N) is 1. The van der Waals surface area contributed by atoms with E-state index >= 15 is 0 Å². The van der Waals surface area contributed by atoms with Crippen LogP contribution < -0.4 is 4.72 Å². The van der Waals surface area contributed by atoms with Crippen LogP contribution in [0.3, 0.4) is 0 Å². The van der Waals surface area contributed by atoms with E-state index in [0.29, 0.717) is 0 Å². The molecule has 6 nitrogen and oxygen atoms in total. The molecule has 17 heavy (non-hydrogen) atoms. The van der Waals surface area contributed by atoms with Crippen molar-refractivity contribution in [1.29, 1.82) is 0 Å². The largest absolute Gasteiger partial charge is 0.480 e. The molecular formula is C10H18N2O4S. The van der Waals surface area contributed by atoms with Gasteiger partial charge in [0.15, 0.2) is 0 Å². The molecule has 1 saturated carbocycles. The Labute approximate surface area is 101 Å². The molecule has 7 heteroatoms. The van der Waals surface area contributed by atoms with E-state index in [0.717, 1.165) is 38.5 Å². The molecule has 2 N–H and O–H groups in total. The van der Waals surface area contributed by atoms with Gasteiger partial charge in [-0.05, 0) is 12.8 Å². The number of rotatable bonds is 2. The summed E-state index contributed by atoms with van der Waals surface area (Å²) in [4.78, 5) is 11.1. The van der Waals surface area contributed by atoms with Gasteiger partial charge < -0.3 is 5.11 Å². The SMILES string of the molecule is O=C(O)C1CNS(=O)(=O)N1C1CCCCCC1. The lowest BCUT2D eigenvalue weighted by Crippen LogP contribution is -2.46. The van der Waals surface area contributed by atoms with Crippen molar-refractivity contribution in [1.82, 2.24) is 9.03 Å². The molecule has 2 aliphatic rings. The van der Waals surface area contributed by atoms with E-state index in [2.05, 4.69) is 4.72 Å². The molecule has 1 atom stereocenters. The molecule has 2 fully saturated rings. The zero-order valence-corrected chi connectivity index (χ0v) is 10.4. The second-order valence-corrected chi connectivity index (χ2v) is 6.34. The summed E-state index contributed by atoms with van der Waals surface area (Å²) >= 11 is 0. The first-order valence-corrected chi connectivity index (χ1v) is 7.47. The third kappa shape index (κ3) is 2.61. The van der Waals surface area contributed by atoms with Crippen LogP contribution in [0.4, 0.5) is 0 Å². The topological polar surface area (TPSA) is 86.7 Å². The Morgan fingerprint density at radius 3 is 2.29 bits per heavy atom. The molecule has 0 radical (unpaired) electrons. The lowest BCUT2D eigenvalue weighted by Gasteiger charge is -2.27. The first-order valence-electron chi connectivity index (χ1n) is 6.03. The molecule has 1 unspecified atom stereocenters. The Morgan fingerprint density at radius 2 is 1.76 bits per heavy atom. The highest BCUT2D eigenvalue weighted by atomic mass is 32.2. The van der Waals surface area contributed by atoms with Crippen molar-refractivity contribution >= 4 is 16.2 Å². The van der Waals surface area contributed by atoms with Crippen molar-refractivity contribution < 1.29 is 18.3 Å². The minimum absolute atomic E-state index is 0.0197. The summed E-state index contributed by atoms with van der Waals surface area (Å²) in [6.07, 6.45) is 5.70. The third-order valence-corrected chi connectivity index (χ3v) is 5.15. The minimum Gasteiger partial charge on any atom is -0.480 e. The monoisotopic (exact) mass is 262 g/mol. The Kier molecular flexibility index (Phi) is 3.70. The van der Waals surface area contributed by atoms with Gasteiger partial charge in [0.2, 0.25) is 0 Å². The second-order valence-electron chi connectivity index (χ2n) is 4.68. The number of hydrogen-bond acceptors (Lipinski definition) is 3. The highest BCUT2D eigenvalue weighted by Gasteiger charge is 2.45. The van der Waals surface area contributed by atoms with Crippen molar-refractivity contribution in [2.24, 2.45) is 0 Å². The van der Waals surface area contributed by atoms with E-state index in [-0.39, 0.29) is 12.6 Å². The van der Waals surface area contributed by atoms with Gasteiger partial charge in [-0.15, -0.1) is 0 Å². The molecule has 98 valence electrons. The Morgan fingerprint density at radius 1 is 1.18 bits per heavy atom. The number of carboxylic acids is 1. The minimum atomic E-state index is -3.59. The number of nitrogens with one attached hydrogen (secondary N) is 1. The Hall–Kier alpha value is -0.660. The van der Waals surface area contributed by atoms with Gasteiger partial charge in [-0.2, -0.15) is 17.4 Å². The van der Waals surface area contributed by atoms with Gasteiger partial charge in [0, 0.05) is 12.6 Å². The van der Waals surface area contributed by atoms with Crippen LogP contribution in [0.2, 0.25) is 0 Å². The van der Waals surface area contributed by atoms with Gasteiger partial charge in [0.25, 0.3) is 10.2 Å². The molecule has 0 aromatic carbocycles. The summed E-state index contributed by atoms with van der Waals surface area (Å²) in [5, 5.41) is 9.07. The van der Waals surface area contributed by atoms with Gasteiger partial charge >= 0.3 is 5.97 Å². The molecule has 0 bridgehead atoms. The van der Waals surface area contributed by atoms with E-state index < -0.39 is 22.2 Å². The standard InChI is InChI=1S/C10H18N2O4S/c13-10(14)9-7-11-17(15,16)12(9)8-5-3-1-2-4-6-8/h8-9,11H,1-7H2,(H,13,14). The van der Waals surface area contributed by atoms with Gasteiger partial charge in [0.1, 0.15) is 6.04 Å². The molecule has 1 saturated heterocycles. The second kappa shape index (κ2) is 4.91. The number of carboxylic acid groups (broad SMARTS) is 1. The van der Waals surface area contributed by atoms with E-state index in [1.54, 1.807) is 0 Å². The van der Waals surface area contributed by atoms with Crippen molar-refractivity contribution in [2.75, 3.05) is 6.54 Å². The van der Waals surface area contributed by atoms with Crippen LogP contribution in [0.5, 0.6) is 0 Å². The zero-order valence-electron chi connectivity index (χ0n) is 9.63. The Bertz CT molecular complexity index is 387. The summed E-state index contributed by atoms with van der Waals surface area (Å²) in [5.74, 6) is -1.07. The van der Waals surface area contributed by atoms with Gasteiger partial charge in [0.05, 0.1) is 0 Å². The fraction of sp³-hybridized carbons (Fsp3) is 0.900. The lowest BCUT2D eigenvalue weighted by molar-refractivity contribution is -0.141. The fourth-order valence-corrected chi connectivity index (χ4v) is 4.30. The molecule has 0 aromatic heterocycles. The van der Waals surface area contributed by atoms with Crippen molar-refractivity contribution in [2.45, 2.75) is 50.6 Å². The Balaban J connectivity index is 2.21. The summed E-state index contributed by atoms with van der Waals surface area (Å²) in [6, 6.07) is -1.10. The van der Waals surface area contributed by atoms with Gasteiger partial charge in [-0.3, -0.25) is 4.79 Å². The van der Waals surface area contributed by atoms with Crippen molar-refractivity contribution in [3.63, 3.8) is 0 Å². The van der Waals surface area contributed by atoms with Gasteiger partial charge in [-0.25, -0.2) is 0 Å². The fourth-order valence-electron chi connectivity index (χ4n) is 2.68. The van der Waals surface area contributed by atoms with Crippen LogP contribution in [0.1, 0.15) is 38.5 Å². The summed E-state index contributed by atoms with van der Waals surface area (Å²) in [6.45, 7) is -0.0197. The quantitative estimate of drug-likeness (QED) is 0.701. The average molecular weight is 262 g/mol. The number of carbonyl (C=O) groups is 1. The lowest BCUT2D eigenvalue weighted by atomic mass is 10.1. The molecule has 0 spiro atoms. The first-order chi connectivity index (χ1) is 8.02. The maximum absolute atomic E-state index is 11.8. The summed E-state index contributed by atoms with van der Waals surface area (Å²) in [5.41, 5.74) is 0. The van der Waals surface area contributed by atoms with E-state index in [1.165, 1.54) is 4.31 Å². The van der Waals surface area contributed by atoms with Gasteiger partial charge in [-0.1, -0.05) is 25.7 Å². The highest BCUT2D eigenvalue weighted by molar-refractivity contribution is 7.87. The molecule has 1 heterocycles. The van der Waals surface area contributed by atoms with Crippen LogP contribution in [0.25, 0.3) is 0 Å². The average Bonchev–Trinajstić information content (AvgIpc) is 2.46. The number of hydrogen-bond donors (Lipinski definition) is 2.